The van der Waals surface area contributed by atoms with Gasteiger partial charge in [-0.2, -0.15) is 5.10 Å². The van der Waals surface area contributed by atoms with Gasteiger partial charge in [-0.1, -0.05) is 6.07 Å². The van der Waals surface area contributed by atoms with E-state index in [1.807, 2.05) is 19.9 Å². The highest BCUT2D eigenvalue weighted by molar-refractivity contribution is 6.39. The van der Waals surface area contributed by atoms with Gasteiger partial charge in [0.1, 0.15) is 5.75 Å². The van der Waals surface area contributed by atoms with Crippen molar-refractivity contribution in [2.45, 2.75) is 13.8 Å². The number of anilines is 1. The molecule has 2 aromatic carbocycles. The predicted molar refractivity (Wildman–Crippen MR) is 88.4 cm³/mol. The Kier molecular flexibility index (Phi) is 5.09. The van der Waals surface area contributed by atoms with E-state index in [0.717, 1.165) is 11.1 Å². The van der Waals surface area contributed by atoms with Crippen molar-refractivity contribution >= 4 is 23.7 Å². The molecule has 0 saturated carbocycles. The lowest BCUT2D eigenvalue weighted by molar-refractivity contribution is -0.136. The van der Waals surface area contributed by atoms with E-state index in [-0.39, 0.29) is 5.75 Å². The molecule has 0 saturated heterocycles. The maximum absolute atomic E-state index is 11.8. The molecule has 0 aliphatic rings. The highest BCUT2D eigenvalue weighted by atomic mass is 16.3. The average molecular weight is 311 g/mol. The number of rotatable bonds is 3. The first-order chi connectivity index (χ1) is 10.9. The van der Waals surface area contributed by atoms with Crippen LogP contribution >= 0.6 is 0 Å². The van der Waals surface area contributed by atoms with E-state index in [1.165, 1.54) is 18.3 Å². The van der Waals surface area contributed by atoms with E-state index in [9.17, 15) is 9.59 Å². The number of hydrogen-bond acceptors (Lipinski definition) is 4. The summed E-state index contributed by atoms with van der Waals surface area (Å²) in [6, 6.07) is 11.8. The molecule has 0 atom stereocenters. The Balaban J connectivity index is 1.92. The minimum Gasteiger partial charge on any atom is -0.508 e. The van der Waals surface area contributed by atoms with Gasteiger partial charge in [-0.15, -0.1) is 0 Å². The molecule has 6 nitrogen and oxygen atoms in total. The number of nitrogens with zero attached hydrogens (tertiary/aromatic N) is 1. The highest BCUT2D eigenvalue weighted by Crippen LogP contribution is 2.13. The van der Waals surface area contributed by atoms with Gasteiger partial charge in [0.05, 0.1) is 6.21 Å². The lowest BCUT2D eigenvalue weighted by Crippen LogP contribution is -2.32. The molecule has 0 aliphatic heterocycles. The second kappa shape index (κ2) is 7.22. The number of phenols is 1. The number of nitrogens with one attached hydrogen (secondary N) is 2. The van der Waals surface area contributed by atoms with Crippen LogP contribution in [0, 0.1) is 13.8 Å². The normalized spacial score (nSPS) is 10.5. The Morgan fingerprint density at radius 2 is 1.61 bits per heavy atom. The molecule has 2 aromatic rings. The molecule has 0 unspecified atom stereocenters. The van der Waals surface area contributed by atoms with E-state index in [4.69, 9.17) is 5.11 Å². The smallest absolute Gasteiger partial charge is 0.329 e. The lowest BCUT2D eigenvalue weighted by Gasteiger charge is -2.06. The van der Waals surface area contributed by atoms with Gasteiger partial charge in [0, 0.05) is 5.69 Å². The zero-order valence-electron chi connectivity index (χ0n) is 12.8. The Hall–Kier alpha value is -3.15. The van der Waals surface area contributed by atoms with Crippen LogP contribution in [0.2, 0.25) is 0 Å². The molecule has 0 radical (unpaired) electrons. The largest absolute Gasteiger partial charge is 0.508 e. The van der Waals surface area contributed by atoms with Crippen molar-refractivity contribution in [3.63, 3.8) is 0 Å². The lowest BCUT2D eigenvalue weighted by atomic mass is 10.1. The number of carbonyl (C=O) groups is 2. The monoisotopic (exact) mass is 311 g/mol. The molecule has 2 rings (SSSR count). The minimum atomic E-state index is -0.862. The van der Waals surface area contributed by atoms with E-state index in [2.05, 4.69) is 15.8 Å². The van der Waals surface area contributed by atoms with Gasteiger partial charge in [-0.3, -0.25) is 9.59 Å². The van der Waals surface area contributed by atoms with Gasteiger partial charge in [-0.25, -0.2) is 5.43 Å². The Labute approximate surface area is 133 Å². The fourth-order valence-electron chi connectivity index (χ4n) is 2.01. The summed E-state index contributed by atoms with van der Waals surface area (Å²) in [6.45, 7) is 3.81. The number of benzene rings is 2. The second-order valence-corrected chi connectivity index (χ2v) is 5.12. The number of aromatic hydroxyl groups is 1. The summed E-state index contributed by atoms with van der Waals surface area (Å²) in [4.78, 5) is 23.5. The summed E-state index contributed by atoms with van der Waals surface area (Å²) in [5, 5.41) is 15.4. The van der Waals surface area contributed by atoms with Crippen molar-refractivity contribution in [1.29, 1.82) is 0 Å². The molecular weight excluding hydrogens is 294 g/mol. The maximum atomic E-state index is 11.8. The molecule has 3 N–H and O–H groups in total. The van der Waals surface area contributed by atoms with Crippen molar-refractivity contribution in [2.75, 3.05) is 5.32 Å². The van der Waals surface area contributed by atoms with Gasteiger partial charge in [0.15, 0.2) is 0 Å². The van der Waals surface area contributed by atoms with Crippen molar-refractivity contribution in [3.8, 4) is 5.75 Å². The van der Waals surface area contributed by atoms with Crippen LogP contribution in [0.1, 0.15) is 16.7 Å². The minimum absolute atomic E-state index is 0.138. The highest BCUT2D eigenvalue weighted by Gasteiger charge is 2.13. The Bertz CT molecular complexity index is 732. The number of aryl methyl sites for hydroxylation is 2. The Morgan fingerprint density at radius 3 is 2.22 bits per heavy atom. The van der Waals surface area contributed by atoms with Gasteiger partial charge in [-0.05, 0) is 66.9 Å². The molecule has 2 amide bonds. The van der Waals surface area contributed by atoms with E-state index < -0.39 is 11.8 Å². The maximum Gasteiger partial charge on any atom is 0.329 e. The van der Waals surface area contributed by atoms with Gasteiger partial charge in [0.25, 0.3) is 0 Å². The average Bonchev–Trinajstić information content (AvgIpc) is 2.48. The number of hydrazone groups is 1. The van der Waals surface area contributed by atoms with Crippen molar-refractivity contribution in [3.05, 3.63) is 59.2 Å². The molecule has 0 aliphatic carbocycles. The van der Waals surface area contributed by atoms with E-state index in [1.54, 1.807) is 24.3 Å². The van der Waals surface area contributed by atoms with E-state index >= 15 is 0 Å². The summed E-state index contributed by atoms with van der Waals surface area (Å²) in [6.07, 6.45) is 1.38. The van der Waals surface area contributed by atoms with Gasteiger partial charge < -0.3 is 10.4 Å². The van der Waals surface area contributed by atoms with Crippen LogP contribution in [-0.4, -0.2) is 23.1 Å². The van der Waals surface area contributed by atoms with Crippen molar-refractivity contribution in [2.24, 2.45) is 5.10 Å². The third kappa shape index (κ3) is 4.96. The quantitative estimate of drug-likeness (QED) is 0.460. The fraction of sp³-hybridized carbons (Fsp3) is 0.118. The number of phenolic OH excluding ortho intramolecular Hbond substituents is 1. The summed E-state index contributed by atoms with van der Waals surface area (Å²) in [5.41, 5.74) is 5.37. The molecule has 6 heteroatoms. The third-order valence-electron chi connectivity index (χ3n) is 2.96. The molecular formula is C17H17N3O3. The van der Waals surface area contributed by atoms with Crippen LogP contribution in [-0.2, 0) is 9.59 Å². The zero-order valence-corrected chi connectivity index (χ0v) is 12.8. The van der Waals surface area contributed by atoms with Gasteiger partial charge >= 0.3 is 11.8 Å². The second-order valence-electron chi connectivity index (χ2n) is 5.12. The standard InChI is InChI=1S/C17H17N3O3/c1-11-7-12(2)9-14(8-11)19-16(22)17(23)20-18-10-13-3-5-15(21)6-4-13/h3-10,21H,1-2H3,(H,19,22)(H,20,23)/b18-10-. The zero-order chi connectivity index (χ0) is 16.8. The van der Waals surface area contributed by atoms with Crippen LogP contribution in [0.5, 0.6) is 5.75 Å². The van der Waals surface area contributed by atoms with Crippen LogP contribution in [0.3, 0.4) is 0 Å². The first-order valence-electron chi connectivity index (χ1n) is 6.96. The number of carbonyl (C=O) groups excluding carboxylic acids is 2. The number of hydrogen-bond donors (Lipinski definition) is 3. The summed E-state index contributed by atoms with van der Waals surface area (Å²) in [7, 11) is 0. The number of amides is 2. The molecule has 0 aromatic heterocycles. The summed E-state index contributed by atoms with van der Waals surface area (Å²) in [5.74, 6) is -1.52. The molecule has 0 spiro atoms. The Morgan fingerprint density at radius 1 is 1.00 bits per heavy atom. The van der Waals surface area contributed by atoms with Crippen LogP contribution in [0.15, 0.2) is 47.6 Å². The molecule has 0 bridgehead atoms. The van der Waals surface area contributed by atoms with Gasteiger partial charge in [0.2, 0.25) is 0 Å². The summed E-state index contributed by atoms with van der Waals surface area (Å²) < 4.78 is 0. The van der Waals surface area contributed by atoms with Crippen LogP contribution in [0.4, 0.5) is 5.69 Å². The summed E-state index contributed by atoms with van der Waals surface area (Å²) >= 11 is 0. The molecule has 0 fully saturated rings. The first-order valence-corrected chi connectivity index (χ1v) is 6.96. The predicted octanol–water partition coefficient (Wildman–Crippen LogP) is 2.10. The van der Waals surface area contributed by atoms with E-state index in [0.29, 0.717) is 11.3 Å². The first kappa shape index (κ1) is 16.2. The molecule has 23 heavy (non-hydrogen) atoms. The SMILES string of the molecule is Cc1cc(C)cc(NC(=O)C(=O)N/N=C\c2ccc(O)cc2)c1. The van der Waals surface area contributed by atoms with Crippen LogP contribution in [0.25, 0.3) is 0 Å². The molecule has 0 heterocycles. The van der Waals surface area contributed by atoms with Crippen LogP contribution < -0.4 is 10.7 Å². The van der Waals surface area contributed by atoms with Crippen molar-refractivity contribution in [1.82, 2.24) is 5.43 Å². The van der Waals surface area contributed by atoms with Crippen molar-refractivity contribution < 1.29 is 14.7 Å². The topological polar surface area (TPSA) is 90.8 Å². The third-order valence-corrected chi connectivity index (χ3v) is 2.96. The fourth-order valence-corrected chi connectivity index (χ4v) is 2.01. The molecule has 118 valence electrons.